The Kier molecular flexibility index (Phi) is 4.96. The van der Waals surface area contributed by atoms with Gasteiger partial charge in [0.25, 0.3) is 0 Å². The number of benzene rings is 2. The third-order valence-corrected chi connectivity index (χ3v) is 4.71. The van der Waals surface area contributed by atoms with Gasteiger partial charge >= 0.3 is 6.18 Å². The average molecular weight is 397 g/mol. The molecule has 0 aliphatic rings. The highest BCUT2D eigenvalue weighted by atomic mass is 19.4. The molecule has 0 aliphatic carbocycles. The van der Waals surface area contributed by atoms with Crippen LogP contribution in [-0.2, 0) is 26.1 Å². The summed E-state index contributed by atoms with van der Waals surface area (Å²) < 4.78 is 45.6. The zero-order valence-electron chi connectivity index (χ0n) is 15.6. The Morgan fingerprint density at radius 3 is 2.41 bits per heavy atom. The van der Waals surface area contributed by atoms with Crippen molar-refractivity contribution in [3.8, 4) is 11.6 Å². The highest BCUT2D eigenvalue weighted by molar-refractivity contribution is 5.81. The van der Waals surface area contributed by atoms with Crippen LogP contribution in [0, 0.1) is 0 Å². The van der Waals surface area contributed by atoms with Crippen molar-refractivity contribution in [2.75, 3.05) is 0 Å². The zero-order valence-corrected chi connectivity index (χ0v) is 15.6. The molecule has 0 radical (unpaired) electrons. The topological polar surface area (TPSA) is 39.9 Å². The average Bonchev–Trinajstić information content (AvgIpc) is 3.07. The van der Waals surface area contributed by atoms with Gasteiger partial charge in [-0.15, -0.1) is 0 Å². The lowest BCUT2D eigenvalue weighted by Crippen LogP contribution is -2.04. The first kappa shape index (κ1) is 19.0. The monoisotopic (exact) mass is 397 g/mol. The fraction of sp³-hybridized carbons (Fsp3) is 0.182. The molecule has 2 aromatic heterocycles. The summed E-state index contributed by atoms with van der Waals surface area (Å²) in [7, 11) is 1.97. The third-order valence-electron chi connectivity index (χ3n) is 4.71. The number of halogens is 3. The molecule has 0 atom stereocenters. The number of hydrogen-bond donors (Lipinski definition) is 0. The first-order valence-corrected chi connectivity index (χ1v) is 9.08. The summed E-state index contributed by atoms with van der Waals surface area (Å²) >= 11 is 0. The van der Waals surface area contributed by atoms with Crippen LogP contribution in [0.15, 0.2) is 67.1 Å². The minimum absolute atomic E-state index is 0.386. The van der Waals surface area contributed by atoms with E-state index < -0.39 is 11.7 Å². The molecule has 0 aliphatic heterocycles. The van der Waals surface area contributed by atoms with E-state index in [4.69, 9.17) is 4.74 Å². The van der Waals surface area contributed by atoms with Crippen molar-refractivity contribution in [2.45, 2.75) is 19.0 Å². The molecule has 0 N–H and O–H groups in total. The van der Waals surface area contributed by atoms with Crippen LogP contribution < -0.4 is 4.74 Å². The van der Waals surface area contributed by atoms with Crippen LogP contribution in [0.25, 0.3) is 10.9 Å². The van der Waals surface area contributed by atoms with E-state index >= 15 is 0 Å². The Morgan fingerprint density at radius 2 is 1.72 bits per heavy atom. The Morgan fingerprint density at radius 1 is 0.931 bits per heavy atom. The standard InChI is InChI=1S/C22H18F3N3O/c1-28-11-10-16-5-9-19(12-20(16)28)29-21-14-26-18(13-27-21)8-4-15-2-6-17(7-3-15)22(23,24)25/h2-3,5-7,9-14H,4,8H2,1H3. The molecule has 4 aromatic rings. The summed E-state index contributed by atoms with van der Waals surface area (Å²) in [5.41, 5.74) is 1.98. The van der Waals surface area contributed by atoms with Gasteiger partial charge in [0, 0.05) is 19.3 Å². The molecule has 2 heterocycles. The SMILES string of the molecule is Cn1ccc2ccc(Oc3cnc(CCc4ccc(C(F)(F)F)cc4)cn3)cc21. The number of nitrogens with zero attached hydrogens (tertiary/aromatic N) is 3. The molecular formula is C22H18F3N3O. The van der Waals surface area contributed by atoms with Crippen LogP contribution in [0.4, 0.5) is 13.2 Å². The number of ether oxygens (including phenoxy) is 1. The van der Waals surface area contributed by atoms with Gasteiger partial charge in [-0.1, -0.05) is 12.1 Å². The van der Waals surface area contributed by atoms with Crippen LogP contribution in [-0.4, -0.2) is 14.5 Å². The highest BCUT2D eigenvalue weighted by Gasteiger charge is 2.29. The number of rotatable bonds is 5. The van der Waals surface area contributed by atoms with Gasteiger partial charge < -0.3 is 9.30 Å². The largest absolute Gasteiger partial charge is 0.437 e. The molecular weight excluding hydrogens is 379 g/mol. The number of aromatic nitrogens is 3. The summed E-state index contributed by atoms with van der Waals surface area (Å²) in [6.45, 7) is 0. The predicted molar refractivity (Wildman–Crippen MR) is 104 cm³/mol. The Hall–Kier alpha value is -3.35. The molecule has 0 fully saturated rings. The Labute approximate surface area is 165 Å². The summed E-state index contributed by atoms with van der Waals surface area (Å²) in [4.78, 5) is 8.63. The molecule has 148 valence electrons. The lowest BCUT2D eigenvalue weighted by atomic mass is 10.1. The minimum atomic E-state index is -4.31. The first-order valence-electron chi connectivity index (χ1n) is 9.08. The van der Waals surface area contributed by atoms with E-state index in [1.807, 2.05) is 42.1 Å². The van der Waals surface area contributed by atoms with Crippen LogP contribution in [0.2, 0.25) is 0 Å². The van der Waals surface area contributed by atoms with Crippen molar-refractivity contribution in [1.29, 1.82) is 0 Å². The smallest absolute Gasteiger partial charge is 0.416 e. The first-order chi connectivity index (χ1) is 13.9. The molecule has 4 rings (SSSR count). The highest BCUT2D eigenvalue weighted by Crippen LogP contribution is 2.29. The van der Waals surface area contributed by atoms with E-state index in [0.29, 0.717) is 24.5 Å². The molecule has 0 unspecified atom stereocenters. The van der Waals surface area contributed by atoms with E-state index in [2.05, 4.69) is 9.97 Å². The number of hydrogen-bond acceptors (Lipinski definition) is 3. The van der Waals surface area contributed by atoms with Crippen LogP contribution in [0.1, 0.15) is 16.8 Å². The maximum Gasteiger partial charge on any atom is 0.416 e. The third kappa shape index (κ3) is 4.39. The van der Waals surface area contributed by atoms with Gasteiger partial charge in [-0.3, -0.25) is 4.98 Å². The van der Waals surface area contributed by atoms with Gasteiger partial charge in [0.05, 0.1) is 29.2 Å². The van der Waals surface area contributed by atoms with Crippen molar-refractivity contribution in [3.63, 3.8) is 0 Å². The second kappa shape index (κ2) is 7.58. The van der Waals surface area contributed by atoms with Gasteiger partial charge in [-0.2, -0.15) is 13.2 Å². The molecule has 0 bridgehead atoms. The van der Waals surface area contributed by atoms with E-state index in [0.717, 1.165) is 34.3 Å². The van der Waals surface area contributed by atoms with Crippen molar-refractivity contribution in [3.05, 3.63) is 83.9 Å². The quantitative estimate of drug-likeness (QED) is 0.442. The number of aryl methyl sites for hydroxylation is 3. The van der Waals surface area contributed by atoms with E-state index in [1.54, 1.807) is 12.4 Å². The van der Waals surface area contributed by atoms with E-state index in [1.165, 1.54) is 12.1 Å². The fourth-order valence-corrected chi connectivity index (χ4v) is 3.08. The maximum atomic E-state index is 12.6. The summed E-state index contributed by atoms with van der Waals surface area (Å²) in [5, 5.41) is 1.13. The van der Waals surface area contributed by atoms with E-state index in [-0.39, 0.29) is 0 Å². The van der Waals surface area contributed by atoms with Gasteiger partial charge in [-0.25, -0.2) is 4.98 Å². The lowest BCUT2D eigenvalue weighted by Gasteiger charge is -2.08. The molecule has 7 heteroatoms. The van der Waals surface area contributed by atoms with Gasteiger partial charge in [0.15, 0.2) is 0 Å². The molecule has 29 heavy (non-hydrogen) atoms. The van der Waals surface area contributed by atoms with E-state index in [9.17, 15) is 13.2 Å². The zero-order chi connectivity index (χ0) is 20.4. The van der Waals surface area contributed by atoms with Crippen LogP contribution in [0.3, 0.4) is 0 Å². The fourth-order valence-electron chi connectivity index (χ4n) is 3.08. The van der Waals surface area contributed by atoms with Crippen molar-refractivity contribution < 1.29 is 17.9 Å². The minimum Gasteiger partial charge on any atom is -0.437 e. The van der Waals surface area contributed by atoms with Crippen molar-refractivity contribution >= 4 is 10.9 Å². The molecule has 0 spiro atoms. The molecule has 0 saturated carbocycles. The Balaban J connectivity index is 1.38. The van der Waals surface area contributed by atoms with Crippen molar-refractivity contribution in [2.24, 2.45) is 7.05 Å². The summed E-state index contributed by atoms with van der Waals surface area (Å²) in [6.07, 6.45) is 2.01. The van der Waals surface area contributed by atoms with Gasteiger partial charge in [0.2, 0.25) is 5.88 Å². The molecule has 0 amide bonds. The van der Waals surface area contributed by atoms with Crippen molar-refractivity contribution in [1.82, 2.24) is 14.5 Å². The van der Waals surface area contributed by atoms with Gasteiger partial charge in [-0.05, 0) is 54.1 Å². The van der Waals surface area contributed by atoms with Crippen LogP contribution >= 0.6 is 0 Å². The lowest BCUT2D eigenvalue weighted by molar-refractivity contribution is -0.137. The number of fused-ring (bicyclic) bond motifs is 1. The number of alkyl halides is 3. The second-order valence-electron chi connectivity index (χ2n) is 6.79. The predicted octanol–water partition coefficient (Wildman–Crippen LogP) is 5.56. The Bertz CT molecular complexity index is 1120. The summed E-state index contributed by atoms with van der Waals surface area (Å²) in [6, 6.07) is 13.0. The second-order valence-corrected chi connectivity index (χ2v) is 6.79. The normalized spacial score (nSPS) is 11.7. The molecule has 0 saturated heterocycles. The van der Waals surface area contributed by atoms with Gasteiger partial charge in [0.1, 0.15) is 5.75 Å². The molecule has 4 nitrogen and oxygen atoms in total. The summed E-state index contributed by atoms with van der Waals surface area (Å²) in [5.74, 6) is 1.06. The maximum absolute atomic E-state index is 12.6. The molecule has 2 aromatic carbocycles. The van der Waals surface area contributed by atoms with Crippen LogP contribution in [0.5, 0.6) is 11.6 Å².